The second-order valence-corrected chi connectivity index (χ2v) is 4.76. The highest BCUT2D eigenvalue weighted by atomic mass is 16.5. The first-order valence-corrected chi connectivity index (χ1v) is 6.96. The molecular formula is C17H16N2O3. The SMILES string of the molecule is COc1ccc(O[C@H](C)c2nc(-c3ccccc3)no2)cc1. The molecule has 1 heterocycles. The van der Waals surface area contributed by atoms with Crippen LogP contribution in [0.5, 0.6) is 11.5 Å². The molecule has 3 rings (SSSR count). The predicted molar refractivity (Wildman–Crippen MR) is 81.8 cm³/mol. The highest BCUT2D eigenvalue weighted by Gasteiger charge is 2.16. The van der Waals surface area contributed by atoms with Crippen molar-refractivity contribution in [2.75, 3.05) is 7.11 Å². The molecule has 2 aromatic carbocycles. The maximum atomic E-state index is 5.80. The van der Waals surface area contributed by atoms with Gasteiger partial charge in [-0.1, -0.05) is 35.5 Å². The van der Waals surface area contributed by atoms with Gasteiger partial charge in [0.25, 0.3) is 5.89 Å². The summed E-state index contributed by atoms with van der Waals surface area (Å²) in [6, 6.07) is 17.0. The molecule has 1 aromatic heterocycles. The molecular weight excluding hydrogens is 280 g/mol. The number of nitrogens with zero attached hydrogens (tertiary/aromatic N) is 2. The van der Waals surface area contributed by atoms with Gasteiger partial charge in [-0.2, -0.15) is 4.98 Å². The Kier molecular flexibility index (Phi) is 4.05. The molecule has 0 bridgehead atoms. The minimum atomic E-state index is -0.335. The van der Waals surface area contributed by atoms with Crippen LogP contribution in [0.4, 0.5) is 0 Å². The van der Waals surface area contributed by atoms with Gasteiger partial charge >= 0.3 is 0 Å². The van der Waals surface area contributed by atoms with Crippen molar-refractivity contribution >= 4 is 0 Å². The van der Waals surface area contributed by atoms with E-state index < -0.39 is 0 Å². The number of methoxy groups -OCH3 is 1. The lowest BCUT2D eigenvalue weighted by atomic mass is 10.2. The zero-order chi connectivity index (χ0) is 15.4. The summed E-state index contributed by atoms with van der Waals surface area (Å²) in [6.07, 6.45) is -0.335. The van der Waals surface area contributed by atoms with Crippen LogP contribution in [0, 0.1) is 0 Å². The fourth-order valence-corrected chi connectivity index (χ4v) is 2.01. The predicted octanol–water partition coefficient (Wildman–Crippen LogP) is 3.89. The maximum absolute atomic E-state index is 5.80. The fraction of sp³-hybridized carbons (Fsp3) is 0.176. The number of hydrogen-bond donors (Lipinski definition) is 0. The van der Waals surface area contributed by atoms with E-state index in [1.54, 1.807) is 7.11 Å². The number of ether oxygens (including phenoxy) is 2. The first-order chi connectivity index (χ1) is 10.8. The number of hydrogen-bond acceptors (Lipinski definition) is 5. The Labute approximate surface area is 128 Å². The van der Waals surface area contributed by atoms with Gasteiger partial charge in [-0.3, -0.25) is 0 Å². The molecule has 22 heavy (non-hydrogen) atoms. The number of rotatable bonds is 5. The van der Waals surface area contributed by atoms with Crippen LogP contribution >= 0.6 is 0 Å². The lowest BCUT2D eigenvalue weighted by molar-refractivity contribution is 0.175. The van der Waals surface area contributed by atoms with Crippen LogP contribution in [0.1, 0.15) is 18.9 Å². The van der Waals surface area contributed by atoms with Gasteiger partial charge in [-0.25, -0.2) is 0 Å². The topological polar surface area (TPSA) is 57.4 Å². The van der Waals surface area contributed by atoms with Crippen LogP contribution in [0.2, 0.25) is 0 Å². The molecule has 0 saturated carbocycles. The zero-order valence-electron chi connectivity index (χ0n) is 12.4. The van der Waals surface area contributed by atoms with E-state index in [-0.39, 0.29) is 6.10 Å². The second kappa shape index (κ2) is 6.30. The first kappa shape index (κ1) is 14.1. The Morgan fingerprint density at radius 3 is 2.32 bits per heavy atom. The molecule has 0 saturated heterocycles. The highest BCUT2D eigenvalue weighted by molar-refractivity contribution is 5.53. The lowest BCUT2D eigenvalue weighted by Crippen LogP contribution is -2.03. The molecule has 0 aliphatic heterocycles. The average molecular weight is 296 g/mol. The van der Waals surface area contributed by atoms with Gasteiger partial charge in [-0.05, 0) is 31.2 Å². The molecule has 0 unspecified atom stereocenters. The van der Waals surface area contributed by atoms with E-state index in [2.05, 4.69) is 10.1 Å². The molecule has 112 valence electrons. The van der Waals surface area contributed by atoms with E-state index >= 15 is 0 Å². The van der Waals surface area contributed by atoms with Crippen molar-refractivity contribution in [3.05, 3.63) is 60.5 Å². The maximum Gasteiger partial charge on any atom is 0.267 e. The summed E-state index contributed by atoms with van der Waals surface area (Å²) in [4.78, 5) is 4.38. The molecule has 0 spiro atoms. The third-order valence-electron chi connectivity index (χ3n) is 3.19. The quantitative estimate of drug-likeness (QED) is 0.715. The van der Waals surface area contributed by atoms with Crippen LogP contribution in [0.25, 0.3) is 11.4 Å². The molecule has 0 fully saturated rings. The second-order valence-electron chi connectivity index (χ2n) is 4.76. The molecule has 0 aliphatic carbocycles. The smallest absolute Gasteiger partial charge is 0.267 e. The summed E-state index contributed by atoms with van der Waals surface area (Å²) < 4.78 is 16.2. The standard InChI is InChI=1S/C17H16N2O3/c1-12(21-15-10-8-14(20-2)9-11-15)17-18-16(19-22-17)13-6-4-3-5-7-13/h3-12H,1-2H3/t12-/m1/s1. The van der Waals surface area contributed by atoms with Crippen LogP contribution in [0.3, 0.4) is 0 Å². The molecule has 3 aromatic rings. The summed E-state index contributed by atoms with van der Waals surface area (Å²) in [5.41, 5.74) is 0.911. The number of benzene rings is 2. The van der Waals surface area contributed by atoms with Gasteiger partial charge in [0.1, 0.15) is 11.5 Å². The zero-order valence-corrected chi connectivity index (χ0v) is 12.4. The Morgan fingerprint density at radius 2 is 1.64 bits per heavy atom. The summed E-state index contributed by atoms with van der Waals surface area (Å²) in [6.45, 7) is 1.87. The van der Waals surface area contributed by atoms with Crippen molar-refractivity contribution in [3.8, 4) is 22.9 Å². The van der Waals surface area contributed by atoms with Gasteiger partial charge in [0.05, 0.1) is 7.11 Å². The molecule has 0 amide bonds. The van der Waals surface area contributed by atoms with Crippen molar-refractivity contribution in [1.82, 2.24) is 10.1 Å². The van der Waals surface area contributed by atoms with E-state index in [0.717, 1.165) is 11.3 Å². The molecule has 0 aliphatic rings. The Hall–Kier alpha value is -2.82. The van der Waals surface area contributed by atoms with E-state index in [4.69, 9.17) is 14.0 Å². The average Bonchev–Trinajstić information content (AvgIpc) is 3.06. The third-order valence-corrected chi connectivity index (χ3v) is 3.19. The third kappa shape index (κ3) is 3.09. The van der Waals surface area contributed by atoms with E-state index in [0.29, 0.717) is 17.5 Å². The summed E-state index contributed by atoms with van der Waals surface area (Å²) in [5.74, 6) is 2.49. The Morgan fingerprint density at radius 1 is 0.955 bits per heavy atom. The normalized spacial score (nSPS) is 11.9. The van der Waals surface area contributed by atoms with Gasteiger partial charge in [0.2, 0.25) is 5.82 Å². The Balaban J connectivity index is 1.72. The van der Waals surface area contributed by atoms with Crippen molar-refractivity contribution in [1.29, 1.82) is 0 Å². The van der Waals surface area contributed by atoms with Crippen LogP contribution in [-0.2, 0) is 0 Å². The number of aromatic nitrogens is 2. The van der Waals surface area contributed by atoms with E-state index in [1.165, 1.54) is 0 Å². The first-order valence-electron chi connectivity index (χ1n) is 6.96. The van der Waals surface area contributed by atoms with Crippen molar-refractivity contribution in [3.63, 3.8) is 0 Å². The highest BCUT2D eigenvalue weighted by Crippen LogP contribution is 2.24. The Bertz CT molecular complexity index is 723. The van der Waals surface area contributed by atoms with Gasteiger partial charge in [0.15, 0.2) is 6.10 Å². The summed E-state index contributed by atoms with van der Waals surface area (Å²) in [5, 5.41) is 3.99. The van der Waals surface area contributed by atoms with Crippen molar-refractivity contribution in [2.24, 2.45) is 0 Å². The van der Waals surface area contributed by atoms with Gasteiger partial charge < -0.3 is 14.0 Å². The van der Waals surface area contributed by atoms with Crippen LogP contribution in [-0.4, -0.2) is 17.3 Å². The van der Waals surface area contributed by atoms with Gasteiger partial charge in [-0.15, -0.1) is 0 Å². The molecule has 0 radical (unpaired) electrons. The van der Waals surface area contributed by atoms with Crippen LogP contribution < -0.4 is 9.47 Å². The lowest BCUT2D eigenvalue weighted by Gasteiger charge is -2.10. The van der Waals surface area contributed by atoms with Gasteiger partial charge in [0, 0.05) is 5.56 Å². The van der Waals surface area contributed by atoms with Crippen LogP contribution in [0.15, 0.2) is 59.1 Å². The minimum Gasteiger partial charge on any atom is -0.497 e. The summed E-state index contributed by atoms with van der Waals surface area (Å²) in [7, 11) is 1.63. The van der Waals surface area contributed by atoms with E-state index in [9.17, 15) is 0 Å². The van der Waals surface area contributed by atoms with E-state index in [1.807, 2.05) is 61.5 Å². The molecule has 5 heteroatoms. The summed E-state index contributed by atoms with van der Waals surface area (Å²) >= 11 is 0. The van der Waals surface area contributed by atoms with Crippen molar-refractivity contribution < 1.29 is 14.0 Å². The molecule has 1 atom stereocenters. The fourth-order valence-electron chi connectivity index (χ4n) is 2.01. The molecule has 0 N–H and O–H groups in total. The minimum absolute atomic E-state index is 0.335. The monoisotopic (exact) mass is 296 g/mol. The molecule has 5 nitrogen and oxygen atoms in total. The largest absolute Gasteiger partial charge is 0.497 e. The van der Waals surface area contributed by atoms with Crippen molar-refractivity contribution in [2.45, 2.75) is 13.0 Å².